The van der Waals surface area contributed by atoms with Crippen molar-refractivity contribution in [3.05, 3.63) is 34.3 Å². The van der Waals surface area contributed by atoms with Crippen LogP contribution in [0.25, 0.3) is 0 Å². The average molecular weight is 170 g/mol. The molecule has 0 heterocycles. The Kier molecular flexibility index (Phi) is 2.92. The summed E-state index contributed by atoms with van der Waals surface area (Å²) in [6, 6.07) is 5.90. The van der Waals surface area contributed by atoms with Crippen molar-refractivity contribution < 1.29 is 0 Å². The molecule has 1 aromatic carbocycles. The van der Waals surface area contributed by atoms with Gasteiger partial charge in [-0.3, -0.25) is 0 Å². The van der Waals surface area contributed by atoms with Gasteiger partial charge in [-0.05, 0) is 23.6 Å². The smallest absolute Gasteiger partial charge is 0.0453 e. The molecule has 0 bridgehead atoms. The summed E-state index contributed by atoms with van der Waals surface area (Å²) in [7, 11) is 0. The van der Waals surface area contributed by atoms with Crippen LogP contribution in [0.15, 0.2) is 18.2 Å². The Morgan fingerprint density at radius 2 is 2.18 bits per heavy atom. The van der Waals surface area contributed by atoms with Crippen LogP contribution in [-0.2, 0) is 13.0 Å². The largest absolute Gasteiger partial charge is 0.326 e. The van der Waals surface area contributed by atoms with Crippen LogP contribution in [0, 0.1) is 0 Å². The van der Waals surface area contributed by atoms with Gasteiger partial charge in [0.15, 0.2) is 0 Å². The molecular formula is C9H12ClN. The molecule has 0 fully saturated rings. The number of hydrogen-bond acceptors (Lipinski definition) is 1. The monoisotopic (exact) mass is 169 g/mol. The van der Waals surface area contributed by atoms with Gasteiger partial charge in [0.1, 0.15) is 0 Å². The first kappa shape index (κ1) is 8.57. The van der Waals surface area contributed by atoms with Gasteiger partial charge in [0.25, 0.3) is 0 Å². The third-order valence-corrected chi connectivity index (χ3v) is 2.16. The molecule has 60 valence electrons. The number of hydrogen-bond donors (Lipinski definition) is 1. The second-order valence-corrected chi connectivity index (χ2v) is 2.84. The zero-order chi connectivity index (χ0) is 8.27. The standard InChI is InChI=1S/C9H12ClN/c1-2-7-4-3-5-9(10)8(7)6-11/h3-5H,2,6,11H2,1H3. The minimum atomic E-state index is 0.531. The van der Waals surface area contributed by atoms with Crippen LogP contribution in [0.5, 0.6) is 0 Å². The van der Waals surface area contributed by atoms with Crippen molar-refractivity contribution in [3.8, 4) is 0 Å². The molecule has 0 unspecified atom stereocenters. The highest BCUT2D eigenvalue weighted by molar-refractivity contribution is 6.31. The number of halogens is 1. The van der Waals surface area contributed by atoms with Crippen LogP contribution < -0.4 is 5.73 Å². The zero-order valence-electron chi connectivity index (χ0n) is 6.60. The molecule has 0 radical (unpaired) electrons. The zero-order valence-corrected chi connectivity index (χ0v) is 7.36. The van der Waals surface area contributed by atoms with E-state index in [1.165, 1.54) is 5.56 Å². The Hall–Kier alpha value is -0.530. The van der Waals surface area contributed by atoms with Gasteiger partial charge in [0.2, 0.25) is 0 Å². The molecule has 0 aliphatic rings. The van der Waals surface area contributed by atoms with E-state index in [1.807, 2.05) is 12.1 Å². The fourth-order valence-corrected chi connectivity index (χ4v) is 1.43. The maximum absolute atomic E-state index is 5.93. The van der Waals surface area contributed by atoms with Crippen LogP contribution in [0.1, 0.15) is 18.1 Å². The third-order valence-electron chi connectivity index (χ3n) is 1.80. The molecule has 11 heavy (non-hydrogen) atoms. The maximum Gasteiger partial charge on any atom is 0.0453 e. The van der Waals surface area contributed by atoms with E-state index in [4.69, 9.17) is 17.3 Å². The summed E-state index contributed by atoms with van der Waals surface area (Å²) in [6.45, 7) is 2.63. The number of aryl methyl sites for hydroxylation is 1. The first-order chi connectivity index (χ1) is 5.29. The van der Waals surface area contributed by atoms with Crippen LogP contribution in [0.4, 0.5) is 0 Å². The van der Waals surface area contributed by atoms with E-state index in [-0.39, 0.29) is 0 Å². The minimum Gasteiger partial charge on any atom is -0.326 e. The first-order valence-corrected chi connectivity index (χ1v) is 4.13. The SMILES string of the molecule is CCc1cccc(Cl)c1CN. The molecule has 2 N–H and O–H groups in total. The third kappa shape index (κ3) is 1.73. The lowest BCUT2D eigenvalue weighted by Gasteiger charge is -2.06. The summed E-state index contributed by atoms with van der Waals surface area (Å²) in [5.74, 6) is 0. The molecule has 0 amide bonds. The maximum atomic E-state index is 5.93. The summed E-state index contributed by atoms with van der Waals surface area (Å²) in [6.07, 6.45) is 0.993. The van der Waals surface area contributed by atoms with Gasteiger partial charge in [-0.25, -0.2) is 0 Å². The first-order valence-electron chi connectivity index (χ1n) is 3.76. The molecular weight excluding hydrogens is 158 g/mol. The molecule has 0 spiro atoms. The molecule has 0 atom stereocenters. The Labute approximate surface area is 72.2 Å². The van der Waals surface area contributed by atoms with Gasteiger partial charge in [-0.1, -0.05) is 30.7 Å². The Bertz CT molecular complexity index is 245. The van der Waals surface area contributed by atoms with E-state index in [0.29, 0.717) is 6.54 Å². The van der Waals surface area contributed by atoms with Crippen LogP contribution >= 0.6 is 11.6 Å². The molecule has 0 aliphatic carbocycles. The van der Waals surface area contributed by atoms with Crippen molar-refractivity contribution in [2.75, 3.05) is 0 Å². The van der Waals surface area contributed by atoms with E-state index in [0.717, 1.165) is 17.0 Å². The highest BCUT2D eigenvalue weighted by Crippen LogP contribution is 2.19. The number of nitrogens with two attached hydrogens (primary N) is 1. The van der Waals surface area contributed by atoms with Crippen molar-refractivity contribution in [3.63, 3.8) is 0 Å². The predicted molar refractivity (Wildman–Crippen MR) is 48.7 cm³/mol. The minimum absolute atomic E-state index is 0.531. The summed E-state index contributed by atoms with van der Waals surface area (Å²) < 4.78 is 0. The summed E-state index contributed by atoms with van der Waals surface area (Å²) in [5.41, 5.74) is 7.87. The van der Waals surface area contributed by atoms with Crippen molar-refractivity contribution in [2.45, 2.75) is 19.9 Å². The fraction of sp³-hybridized carbons (Fsp3) is 0.333. The Balaban J connectivity index is 3.13. The number of rotatable bonds is 2. The molecule has 0 saturated heterocycles. The Morgan fingerprint density at radius 3 is 2.64 bits per heavy atom. The molecule has 0 aliphatic heterocycles. The van der Waals surface area contributed by atoms with Crippen molar-refractivity contribution >= 4 is 11.6 Å². The predicted octanol–water partition coefficient (Wildman–Crippen LogP) is 2.36. The van der Waals surface area contributed by atoms with Gasteiger partial charge in [0.05, 0.1) is 0 Å². The average Bonchev–Trinajstić information content (AvgIpc) is 2.04. The highest BCUT2D eigenvalue weighted by atomic mass is 35.5. The lowest BCUT2D eigenvalue weighted by Crippen LogP contribution is -2.01. The lowest BCUT2D eigenvalue weighted by atomic mass is 10.1. The molecule has 1 aromatic rings. The second-order valence-electron chi connectivity index (χ2n) is 2.44. The fourth-order valence-electron chi connectivity index (χ4n) is 1.16. The van der Waals surface area contributed by atoms with Gasteiger partial charge in [-0.15, -0.1) is 0 Å². The Morgan fingerprint density at radius 1 is 1.45 bits per heavy atom. The molecule has 1 nitrogen and oxygen atoms in total. The van der Waals surface area contributed by atoms with Gasteiger partial charge < -0.3 is 5.73 Å². The summed E-state index contributed by atoms with van der Waals surface area (Å²) in [4.78, 5) is 0. The molecule has 2 heteroatoms. The summed E-state index contributed by atoms with van der Waals surface area (Å²) >= 11 is 5.93. The quantitative estimate of drug-likeness (QED) is 0.723. The molecule has 0 aromatic heterocycles. The molecule has 0 saturated carbocycles. The highest BCUT2D eigenvalue weighted by Gasteiger charge is 2.01. The van der Waals surface area contributed by atoms with Crippen LogP contribution in [0.2, 0.25) is 5.02 Å². The van der Waals surface area contributed by atoms with Crippen LogP contribution in [-0.4, -0.2) is 0 Å². The second kappa shape index (κ2) is 3.74. The van der Waals surface area contributed by atoms with E-state index < -0.39 is 0 Å². The number of benzene rings is 1. The van der Waals surface area contributed by atoms with Crippen molar-refractivity contribution in [1.82, 2.24) is 0 Å². The van der Waals surface area contributed by atoms with Crippen molar-refractivity contribution in [2.24, 2.45) is 5.73 Å². The van der Waals surface area contributed by atoms with E-state index in [2.05, 4.69) is 13.0 Å². The molecule has 1 rings (SSSR count). The van der Waals surface area contributed by atoms with Gasteiger partial charge in [0, 0.05) is 11.6 Å². The summed E-state index contributed by atoms with van der Waals surface area (Å²) in [5, 5.41) is 0.784. The van der Waals surface area contributed by atoms with E-state index in [1.54, 1.807) is 0 Å². The van der Waals surface area contributed by atoms with Crippen LogP contribution in [0.3, 0.4) is 0 Å². The van der Waals surface area contributed by atoms with Crippen molar-refractivity contribution in [1.29, 1.82) is 0 Å². The van der Waals surface area contributed by atoms with Gasteiger partial charge >= 0.3 is 0 Å². The normalized spacial score (nSPS) is 10.1. The lowest BCUT2D eigenvalue weighted by molar-refractivity contribution is 1.00. The van der Waals surface area contributed by atoms with E-state index in [9.17, 15) is 0 Å². The van der Waals surface area contributed by atoms with Gasteiger partial charge in [-0.2, -0.15) is 0 Å². The topological polar surface area (TPSA) is 26.0 Å². The van der Waals surface area contributed by atoms with E-state index >= 15 is 0 Å².